The number of fused-ring (bicyclic) bond motifs is 1. The fourth-order valence-corrected chi connectivity index (χ4v) is 2.33. The van der Waals surface area contributed by atoms with E-state index in [0.717, 1.165) is 11.3 Å². The summed E-state index contributed by atoms with van der Waals surface area (Å²) in [4.78, 5) is 23.2. The molecule has 1 heterocycles. The van der Waals surface area contributed by atoms with E-state index in [-0.39, 0.29) is 11.5 Å². The number of anilines is 1. The molecular weight excluding hydrogens is 282 g/mol. The van der Waals surface area contributed by atoms with Crippen molar-refractivity contribution in [3.63, 3.8) is 0 Å². The van der Waals surface area contributed by atoms with Crippen LogP contribution in [0.1, 0.15) is 21.5 Å². The molecule has 1 aliphatic rings. The summed E-state index contributed by atoms with van der Waals surface area (Å²) in [6.45, 7) is 0. The van der Waals surface area contributed by atoms with Crippen molar-refractivity contribution in [2.24, 2.45) is 0 Å². The molecule has 0 saturated carbocycles. The fourth-order valence-electron chi connectivity index (χ4n) is 2.33. The van der Waals surface area contributed by atoms with Crippen LogP contribution in [0.4, 0.5) is 5.69 Å². The van der Waals surface area contributed by atoms with Gasteiger partial charge in [-0.1, -0.05) is 12.1 Å². The highest BCUT2D eigenvalue weighted by Crippen LogP contribution is 2.34. The van der Waals surface area contributed by atoms with Gasteiger partial charge in [-0.15, -0.1) is 0 Å². The highest BCUT2D eigenvalue weighted by atomic mass is 16.5. The molecule has 2 N–H and O–H groups in total. The van der Waals surface area contributed by atoms with E-state index in [1.165, 1.54) is 12.1 Å². The smallest absolute Gasteiger partial charge is 0.335 e. The van der Waals surface area contributed by atoms with Gasteiger partial charge >= 0.3 is 5.97 Å². The van der Waals surface area contributed by atoms with Crippen LogP contribution in [0.2, 0.25) is 0 Å². The second-order valence-corrected chi connectivity index (χ2v) is 4.85. The van der Waals surface area contributed by atoms with E-state index in [4.69, 9.17) is 9.84 Å². The molecule has 0 atom stereocenters. The van der Waals surface area contributed by atoms with E-state index in [1.54, 1.807) is 31.4 Å². The predicted octanol–water partition coefficient (Wildman–Crippen LogP) is 2.89. The lowest BCUT2D eigenvalue weighted by molar-refractivity contribution is -0.110. The molecule has 0 aromatic heterocycles. The SMILES string of the molecule is COc1ccc(/C=C2/C(=O)Nc3ccc(C(=O)O)cc32)cc1. The third kappa shape index (κ3) is 2.44. The number of rotatable bonds is 3. The van der Waals surface area contributed by atoms with Crippen molar-refractivity contribution in [1.82, 2.24) is 0 Å². The molecule has 0 bridgehead atoms. The van der Waals surface area contributed by atoms with E-state index in [0.29, 0.717) is 16.8 Å². The highest BCUT2D eigenvalue weighted by Gasteiger charge is 2.25. The maximum absolute atomic E-state index is 12.1. The summed E-state index contributed by atoms with van der Waals surface area (Å²) in [6.07, 6.45) is 1.73. The zero-order valence-corrected chi connectivity index (χ0v) is 11.8. The van der Waals surface area contributed by atoms with Crippen molar-refractivity contribution in [3.8, 4) is 5.75 Å². The van der Waals surface area contributed by atoms with Gasteiger partial charge in [-0.05, 0) is 42.0 Å². The molecule has 2 aromatic rings. The van der Waals surface area contributed by atoms with Gasteiger partial charge in [0.2, 0.25) is 0 Å². The summed E-state index contributed by atoms with van der Waals surface area (Å²) in [5.74, 6) is -0.536. The summed E-state index contributed by atoms with van der Waals surface area (Å²) in [6, 6.07) is 11.8. The summed E-state index contributed by atoms with van der Waals surface area (Å²) >= 11 is 0. The first-order valence-corrected chi connectivity index (χ1v) is 6.63. The third-order valence-corrected chi connectivity index (χ3v) is 3.48. The van der Waals surface area contributed by atoms with E-state index < -0.39 is 5.97 Å². The molecule has 0 unspecified atom stereocenters. The lowest BCUT2D eigenvalue weighted by Gasteiger charge is -2.02. The van der Waals surface area contributed by atoms with Crippen LogP contribution in [0.3, 0.4) is 0 Å². The van der Waals surface area contributed by atoms with Gasteiger partial charge < -0.3 is 15.2 Å². The van der Waals surface area contributed by atoms with Gasteiger partial charge in [0, 0.05) is 16.8 Å². The number of hydrogen-bond acceptors (Lipinski definition) is 3. The monoisotopic (exact) mass is 295 g/mol. The number of aromatic carboxylic acids is 1. The molecule has 0 spiro atoms. The van der Waals surface area contributed by atoms with E-state index in [9.17, 15) is 9.59 Å². The number of carbonyl (C=O) groups excluding carboxylic acids is 1. The summed E-state index contributed by atoms with van der Waals surface area (Å²) in [5.41, 5.74) is 2.65. The van der Waals surface area contributed by atoms with E-state index in [2.05, 4.69) is 5.32 Å². The van der Waals surface area contributed by atoms with Crippen LogP contribution in [0.5, 0.6) is 5.75 Å². The lowest BCUT2D eigenvalue weighted by Crippen LogP contribution is -2.03. The minimum absolute atomic E-state index is 0.149. The van der Waals surface area contributed by atoms with Crippen LogP contribution in [0, 0.1) is 0 Å². The van der Waals surface area contributed by atoms with Crippen molar-refractivity contribution in [3.05, 3.63) is 59.2 Å². The summed E-state index contributed by atoms with van der Waals surface area (Å²) < 4.78 is 5.09. The maximum Gasteiger partial charge on any atom is 0.335 e. The van der Waals surface area contributed by atoms with Gasteiger partial charge in [-0.2, -0.15) is 0 Å². The second kappa shape index (κ2) is 5.37. The Morgan fingerprint density at radius 3 is 2.55 bits per heavy atom. The summed E-state index contributed by atoms with van der Waals surface area (Å²) in [7, 11) is 1.58. The Labute approximate surface area is 126 Å². The number of carbonyl (C=O) groups is 2. The van der Waals surface area contributed by atoms with Crippen LogP contribution < -0.4 is 10.1 Å². The average molecular weight is 295 g/mol. The van der Waals surface area contributed by atoms with Gasteiger partial charge in [0.1, 0.15) is 5.75 Å². The number of carboxylic acids is 1. The van der Waals surface area contributed by atoms with Crippen molar-refractivity contribution in [1.29, 1.82) is 0 Å². The zero-order valence-electron chi connectivity index (χ0n) is 11.8. The molecule has 0 radical (unpaired) electrons. The van der Waals surface area contributed by atoms with Gasteiger partial charge in [0.05, 0.1) is 12.7 Å². The van der Waals surface area contributed by atoms with E-state index >= 15 is 0 Å². The number of carboxylic acid groups (broad SMARTS) is 1. The van der Waals surface area contributed by atoms with Crippen LogP contribution in [0.15, 0.2) is 42.5 Å². The van der Waals surface area contributed by atoms with Crippen LogP contribution in [-0.4, -0.2) is 24.1 Å². The first-order chi connectivity index (χ1) is 10.6. The van der Waals surface area contributed by atoms with Crippen LogP contribution >= 0.6 is 0 Å². The molecule has 3 rings (SSSR count). The van der Waals surface area contributed by atoms with Gasteiger partial charge in [0.25, 0.3) is 5.91 Å². The molecule has 5 nitrogen and oxygen atoms in total. The maximum atomic E-state index is 12.1. The van der Waals surface area contributed by atoms with Gasteiger partial charge in [-0.25, -0.2) is 4.79 Å². The number of nitrogens with one attached hydrogen (secondary N) is 1. The minimum Gasteiger partial charge on any atom is -0.497 e. The Hall–Kier alpha value is -3.08. The van der Waals surface area contributed by atoms with Crippen LogP contribution in [0.25, 0.3) is 11.6 Å². The van der Waals surface area contributed by atoms with E-state index in [1.807, 2.05) is 12.1 Å². The molecular formula is C17H13NO4. The second-order valence-electron chi connectivity index (χ2n) is 4.85. The lowest BCUT2D eigenvalue weighted by atomic mass is 10.0. The molecule has 0 saturated heterocycles. The number of methoxy groups -OCH3 is 1. The number of benzene rings is 2. The van der Waals surface area contributed by atoms with Crippen molar-refractivity contribution < 1.29 is 19.4 Å². The molecule has 22 heavy (non-hydrogen) atoms. The van der Waals surface area contributed by atoms with Crippen molar-refractivity contribution in [2.45, 2.75) is 0 Å². The number of ether oxygens (including phenoxy) is 1. The minimum atomic E-state index is -1.02. The van der Waals surface area contributed by atoms with Gasteiger partial charge in [0.15, 0.2) is 0 Å². The topological polar surface area (TPSA) is 75.6 Å². The Balaban J connectivity index is 2.04. The standard InChI is InChI=1S/C17H13NO4/c1-22-12-5-2-10(3-6-12)8-14-13-9-11(17(20)21)4-7-15(13)18-16(14)19/h2-9H,1H3,(H,18,19)(H,20,21)/b14-8+. The van der Waals surface area contributed by atoms with Crippen molar-refractivity contribution in [2.75, 3.05) is 12.4 Å². The molecule has 1 amide bonds. The summed E-state index contributed by atoms with van der Waals surface area (Å²) in [5, 5.41) is 11.8. The molecule has 0 fully saturated rings. The predicted molar refractivity (Wildman–Crippen MR) is 82.9 cm³/mol. The number of hydrogen-bond donors (Lipinski definition) is 2. The van der Waals surface area contributed by atoms with Crippen molar-refractivity contribution >= 4 is 29.2 Å². The Morgan fingerprint density at radius 2 is 1.91 bits per heavy atom. The highest BCUT2D eigenvalue weighted by molar-refractivity contribution is 6.35. The largest absolute Gasteiger partial charge is 0.497 e. The average Bonchev–Trinajstić information content (AvgIpc) is 2.83. The quantitative estimate of drug-likeness (QED) is 0.854. The zero-order chi connectivity index (χ0) is 15.7. The molecule has 0 aliphatic carbocycles. The number of amides is 1. The molecule has 2 aromatic carbocycles. The Kier molecular flexibility index (Phi) is 3.39. The fraction of sp³-hybridized carbons (Fsp3) is 0.0588. The molecule has 5 heteroatoms. The molecule has 110 valence electrons. The Morgan fingerprint density at radius 1 is 1.18 bits per heavy atom. The first-order valence-electron chi connectivity index (χ1n) is 6.63. The van der Waals surface area contributed by atoms with Gasteiger partial charge in [-0.3, -0.25) is 4.79 Å². The molecule has 1 aliphatic heterocycles. The Bertz CT molecular complexity index is 791. The first kappa shape index (κ1) is 13.9. The third-order valence-electron chi connectivity index (χ3n) is 3.48. The normalized spacial score (nSPS) is 14.6. The van der Waals surface area contributed by atoms with Crippen LogP contribution in [-0.2, 0) is 4.79 Å².